The molecule has 0 aliphatic rings. The van der Waals surface area contributed by atoms with Crippen LogP contribution in [-0.4, -0.2) is 39.3 Å². The molecule has 1 N–H and O–H groups in total. The van der Waals surface area contributed by atoms with Gasteiger partial charge in [-0.2, -0.15) is 4.98 Å². The second kappa shape index (κ2) is 6.15. The van der Waals surface area contributed by atoms with Crippen molar-refractivity contribution >= 4 is 32.7 Å². The zero-order chi connectivity index (χ0) is 12.1. The summed E-state index contributed by atoms with van der Waals surface area (Å²) in [5.41, 5.74) is 0. The number of aromatic nitrogens is 2. The molecule has 1 aromatic heterocycles. The fourth-order valence-corrected chi connectivity index (χ4v) is 1.60. The number of ether oxygens (including phenoxy) is 1. The van der Waals surface area contributed by atoms with Crippen LogP contribution in [0.2, 0.25) is 0 Å². The van der Waals surface area contributed by atoms with Crippen molar-refractivity contribution in [3.05, 3.63) is 10.7 Å². The predicted octanol–water partition coefficient (Wildman–Crippen LogP) is 1.43. The summed E-state index contributed by atoms with van der Waals surface area (Å²) in [5.74, 6) is 0.945. The average Bonchev–Trinajstić information content (AvgIpc) is 2.27. The second-order valence-corrected chi connectivity index (χ2v) is 5.90. The number of methoxy groups -OCH3 is 1. The third-order valence-electron chi connectivity index (χ3n) is 2.02. The lowest BCUT2D eigenvalue weighted by Gasteiger charge is -2.10. The number of hydrogen-bond acceptors (Lipinski definition) is 5. The summed E-state index contributed by atoms with van der Waals surface area (Å²) in [4.78, 5) is 8.20. The van der Waals surface area contributed by atoms with Crippen LogP contribution in [0.15, 0.2) is 10.7 Å². The monoisotopic (exact) mass is 307 g/mol. The molecule has 0 spiro atoms. The first kappa shape index (κ1) is 13.4. The van der Waals surface area contributed by atoms with Crippen molar-refractivity contribution in [2.45, 2.75) is 12.2 Å². The van der Waals surface area contributed by atoms with Gasteiger partial charge in [0.25, 0.3) is 0 Å². The van der Waals surface area contributed by atoms with E-state index >= 15 is 0 Å². The van der Waals surface area contributed by atoms with Gasteiger partial charge in [-0.1, -0.05) is 0 Å². The van der Waals surface area contributed by atoms with Crippen molar-refractivity contribution in [1.82, 2.24) is 9.97 Å². The van der Waals surface area contributed by atoms with E-state index in [9.17, 15) is 4.21 Å². The molecule has 0 fully saturated rings. The fraction of sp³-hybridized carbons (Fsp3) is 0.556. The first-order valence-corrected chi connectivity index (χ1v) is 7.08. The maximum atomic E-state index is 11.1. The minimum absolute atomic E-state index is 0.0539. The van der Waals surface area contributed by atoms with Crippen LogP contribution in [0.3, 0.4) is 0 Å². The molecule has 1 heterocycles. The summed E-state index contributed by atoms with van der Waals surface area (Å²) in [7, 11) is 0.688. The van der Waals surface area contributed by atoms with Gasteiger partial charge < -0.3 is 10.1 Å². The normalized spacial score (nSPS) is 14.2. The third kappa shape index (κ3) is 3.71. The standard InChI is InChI=1S/C9H14BrN3O2S/c1-6(16(3)14)4-11-9-12-5-7(10)8(13-9)15-2/h5-6H,4H2,1-3H3,(H,11,12,13). The van der Waals surface area contributed by atoms with E-state index in [4.69, 9.17) is 4.74 Å². The van der Waals surface area contributed by atoms with Crippen LogP contribution in [0.1, 0.15) is 6.92 Å². The Labute approximate surface area is 106 Å². The predicted molar refractivity (Wildman–Crippen MR) is 68.3 cm³/mol. The Bertz CT molecular complexity index is 389. The summed E-state index contributed by atoms with van der Waals surface area (Å²) < 4.78 is 16.9. The molecule has 0 saturated heterocycles. The van der Waals surface area contributed by atoms with Gasteiger partial charge in [0, 0.05) is 28.9 Å². The van der Waals surface area contributed by atoms with Crippen molar-refractivity contribution in [2.24, 2.45) is 0 Å². The molecule has 5 nitrogen and oxygen atoms in total. The van der Waals surface area contributed by atoms with Crippen LogP contribution in [0.4, 0.5) is 5.95 Å². The molecule has 0 aliphatic carbocycles. The molecule has 0 amide bonds. The van der Waals surface area contributed by atoms with Crippen molar-refractivity contribution in [1.29, 1.82) is 0 Å². The Kier molecular flexibility index (Phi) is 5.14. The molecule has 0 bridgehead atoms. The van der Waals surface area contributed by atoms with Crippen molar-refractivity contribution in [3.8, 4) is 5.88 Å². The number of nitrogens with zero attached hydrogens (tertiary/aromatic N) is 2. The van der Waals surface area contributed by atoms with Crippen LogP contribution in [-0.2, 0) is 10.8 Å². The molecule has 2 atom stereocenters. The molecule has 7 heteroatoms. The Morgan fingerprint density at radius 2 is 2.38 bits per heavy atom. The topological polar surface area (TPSA) is 64.1 Å². The molecule has 1 aromatic rings. The molecular weight excluding hydrogens is 294 g/mol. The van der Waals surface area contributed by atoms with Crippen LogP contribution >= 0.6 is 15.9 Å². The molecule has 90 valence electrons. The molecule has 0 aliphatic heterocycles. The van der Waals surface area contributed by atoms with E-state index in [1.54, 1.807) is 19.6 Å². The summed E-state index contributed by atoms with van der Waals surface area (Å²) in [6.45, 7) is 2.47. The van der Waals surface area contributed by atoms with Crippen LogP contribution < -0.4 is 10.1 Å². The van der Waals surface area contributed by atoms with E-state index in [0.29, 0.717) is 22.8 Å². The number of hydrogen-bond donors (Lipinski definition) is 1. The van der Waals surface area contributed by atoms with Gasteiger partial charge in [0.15, 0.2) is 0 Å². The molecule has 0 saturated carbocycles. The Morgan fingerprint density at radius 3 is 2.94 bits per heavy atom. The van der Waals surface area contributed by atoms with E-state index in [-0.39, 0.29) is 5.25 Å². The third-order valence-corrected chi connectivity index (χ3v) is 3.86. The zero-order valence-corrected chi connectivity index (χ0v) is 11.8. The van der Waals surface area contributed by atoms with Gasteiger partial charge in [-0.25, -0.2) is 4.98 Å². The minimum Gasteiger partial charge on any atom is -0.480 e. The number of halogens is 1. The van der Waals surface area contributed by atoms with Crippen molar-refractivity contribution in [2.75, 3.05) is 25.2 Å². The zero-order valence-electron chi connectivity index (χ0n) is 9.36. The smallest absolute Gasteiger partial charge is 0.232 e. The molecule has 16 heavy (non-hydrogen) atoms. The molecule has 0 radical (unpaired) electrons. The largest absolute Gasteiger partial charge is 0.480 e. The van der Waals surface area contributed by atoms with Crippen molar-refractivity contribution in [3.63, 3.8) is 0 Å². The van der Waals surface area contributed by atoms with E-state index in [1.165, 1.54) is 0 Å². The average molecular weight is 308 g/mol. The first-order chi connectivity index (χ1) is 7.54. The number of anilines is 1. The van der Waals surface area contributed by atoms with E-state index < -0.39 is 10.8 Å². The molecule has 0 aromatic carbocycles. The highest BCUT2D eigenvalue weighted by molar-refractivity contribution is 9.10. The van der Waals surface area contributed by atoms with E-state index in [2.05, 4.69) is 31.2 Å². The van der Waals surface area contributed by atoms with Gasteiger partial charge in [0.1, 0.15) is 0 Å². The first-order valence-electron chi connectivity index (χ1n) is 4.67. The Morgan fingerprint density at radius 1 is 1.69 bits per heavy atom. The minimum atomic E-state index is -0.854. The van der Waals surface area contributed by atoms with Crippen LogP contribution in [0.25, 0.3) is 0 Å². The summed E-state index contributed by atoms with van der Waals surface area (Å²) in [5, 5.41) is 3.07. The van der Waals surface area contributed by atoms with Gasteiger partial charge in [-0.3, -0.25) is 4.21 Å². The number of nitrogens with one attached hydrogen (secondary N) is 1. The highest BCUT2D eigenvalue weighted by Gasteiger charge is 2.08. The maximum absolute atomic E-state index is 11.1. The lowest BCUT2D eigenvalue weighted by Crippen LogP contribution is -2.21. The summed E-state index contributed by atoms with van der Waals surface area (Å²) >= 11 is 3.27. The number of rotatable bonds is 5. The SMILES string of the molecule is COc1nc(NCC(C)S(C)=O)ncc1Br. The molecule has 2 unspecified atom stereocenters. The van der Waals surface area contributed by atoms with Gasteiger partial charge >= 0.3 is 0 Å². The van der Waals surface area contributed by atoms with Gasteiger partial charge in [-0.15, -0.1) is 0 Å². The van der Waals surface area contributed by atoms with Crippen LogP contribution in [0, 0.1) is 0 Å². The van der Waals surface area contributed by atoms with E-state index in [0.717, 1.165) is 0 Å². The highest BCUT2D eigenvalue weighted by atomic mass is 79.9. The molecular formula is C9H14BrN3O2S. The second-order valence-electron chi connectivity index (χ2n) is 3.24. The lowest BCUT2D eigenvalue weighted by atomic mass is 10.5. The van der Waals surface area contributed by atoms with Gasteiger partial charge in [0.05, 0.1) is 17.8 Å². The van der Waals surface area contributed by atoms with Crippen LogP contribution in [0.5, 0.6) is 5.88 Å². The quantitative estimate of drug-likeness (QED) is 0.891. The van der Waals surface area contributed by atoms with E-state index in [1.807, 2.05) is 6.92 Å². The summed E-state index contributed by atoms with van der Waals surface area (Å²) in [6.07, 6.45) is 3.29. The lowest BCUT2D eigenvalue weighted by molar-refractivity contribution is 0.394. The maximum Gasteiger partial charge on any atom is 0.232 e. The Balaban J connectivity index is 2.64. The highest BCUT2D eigenvalue weighted by Crippen LogP contribution is 2.21. The van der Waals surface area contributed by atoms with Gasteiger partial charge in [0.2, 0.25) is 11.8 Å². The summed E-state index contributed by atoms with van der Waals surface area (Å²) in [6, 6.07) is 0. The van der Waals surface area contributed by atoms with Gasteiger partial charge in [-0.05, 0) is 22.9 Å². The van der Waals surface area contributed by atoms with Crippen molar-refractivity contribution < 1.29 is 8.95 Å². The Hall–Kier alpha value is -0.690. The fourth-order valence-electron chi connectivity index (χ4n) is 0.932. The molecule has 1 rings (SSSR count).